The minimum Gasteiger partial charge on any atom is -0.467 e. The number of rotatable bonds is 7. The Hall–Kier alpha value is -1.14. The third-order valence-corrected chi connectivity index (χ3v) is 4.32. The third-order valence-electron chi connectivity index (χ3n) is 4.32. The average molecular weight is 300 g/mol. The molecule has 0 aromatic rings. The van der Waals surface area contributed by atoms with Crippen LogP contribution in [0.3, 0.4) is 0 Å². The number of carbonyl (C=O) groups excluding carboxylic acids is 2. The van der Waals surface area contributed by atoms with Crippen LogP contribution in [0.2, 0.25) is 0 Å². The molecule has 1 fully saturated rings. The van der Waals surface area contributed by atoms with Crippen LogP contribution in [0.1, 0.15) is 33.1 Å². The van der Waals surface area contributed by atoms with Gasteiger partial charge < -0.3 is 15.2 Å². The van der Waals surface area contributed by atoms with Crippen LogP contribution in [-0.4, -0.2) is 61.3 Å². The van der Waals surface area contributed by atoms with Crippen molar-refractivity contribution < 1.29 is 19.4 Å². The molecule has 0 bridgehead atoms. The summed E-state index contributed by atoms with van der Waals surface area (Å²) in [4.78, 5) is 25.9. The van der Waals surface area contributed by atoms with Crippen molar-refractivity contribution in [1.82, 2.24) is 10.2 Å². The van der Waals surface area contributed by atoms with Crippen molar-refractivity contribution in [2.75, 3.05) is 33.4 Å². The molecule has 2 atom stereocenters. The standard InChI is InChI=1S/C15H28N2O4/c1-4-11(2)14(15(20)21-3)16-13(19)9-17-7-5-12(10-18)6-8-17/h11-12,14,18H,4-10H2,1-3H3,(H,16,19). The van der Waals surface area contributed by atoms with Crippen molar-refractivity contribution >= 4 is 11.9 Å². The van der Waals surface area contributed by atoms with Gasteiger partial charge in [-0.05, 0) is 37.8 Å². The van der Waals surface area contributed by atoms with Gasteiger partial charge in [0.1, 0.15) is 6.04 Å². The van der Waals surface area contributed by atoms with E-state index in [4.69, 9.17) is 9.84 Å². The number of ether oxygens (including phenoxy) is 1. The Bertz CT molecular complexity index is 341. The normalized spacial score (nSPS) is 19.8. The number of methoxy groups -OCH3 is 1. The summed E-state index contributed by atoms with van der Waals surface area (Å²) in [5.41, 5.74) is 0. The summed E-state index contributed by atoms with van der Waals surface area (Å²) in [5, 5.41) is 11.9. The number of nitrogens with one attached hydrogen (secondary N) is 1. The lowest BCUT2D eigenvalue weighted by molar-refractivity contribution is -0.146. The van der Waals surface area contributed by atoms with Crippen LogP contribution < -0.4 is 5.32 Å². The van der Waals surface area contributed by atoms with Gasteiger partial charge in [0.25, 0.3) is 0 Å². The molecule has 1 amide bonds. The molecule has 0 saturated carbocycles. The summed E-state index contributed by atoms with van der Waals surface area (Å²) in [6, 6.07) is -0.581. The van der Waals surface area contributed by atoms with Crippen molar-refractivity contribution in [3.05, 3.63) is 0 Å². The second kappa shape index (κ2) is 9.00. The molecule has 6 nitrogen and oxygen atoms in total. The van der Waals surface area contributed by atoms with Gasteiger partial charge >= 0.3 is 5.97 Å². The first-order valence-electron chi connectivity index (χ1n) is 7.72. The number of aliphatic hydroxyl groups excluding tert-OH is 1. The second-order valence-corrected chi connectivity index (χ2v) is 5.86. The molecule has 0 aromatic heterocycles. The number of carbonyl (C=O) groups is 2. The molecule has 1 aliphatic heterocycles. The summed E-state index contributed by atoms with van der Waals surface area (Å²) in [6.45, 7) is 6.04. The molecule has 1 heterocycles. The Morgan fingerprint density at radius 1 is 1.38 bits per heavy atom. The van der Waals surface area contributed by atoms with Gasteiger partial charge in [-0.25, -0.2) is 4.79 Å². The lowest BCUT2D eigenvalue weighted by Crippen LogP contribution is -2.50. The first-order chi connectivity index (χ1) is 10.0. The second-order valence-electron chi connectivity index (χ2n) is 5.86. The molecule has 1 aliphatic rings. The molecule has 0 radical (unpaired) electrons. The molecule has 0 aromatic carbocycles. The van der Waals surface area contributed by atoms with Crippen molar-refractivity contribution in [2.45, 2.75) is 39.2 Å². The van der Waals surface area contributed by atoms with Gasteiger partial charge in [-0.2, -0.15) is 0 Å². The number of piperidine rings is 1. The first kappa shape index (κ1) is 17.9. The van der Waals surface area contributed by atoms with Crippen molar-refractivity contribution in [1.29, 1.82) is 0 Å². The highest BCUT2D eigenvalue weighted by Gasteiger charge is 2.28. The van der Waals surface area contributed by atoms with Crippen LogP contribution in [0, 0.1) is 11.8 Å². The lowest BCUT2D eigenvalue weighted by atomic mass is 9.97. The van der Waals surface area contributed by atoms with Gasteiger partial charge in [0.2, 0.25) is 5.91 Å². The van der Waals surface area contributed by atoms with E-state index >= 15 is 0 Å². The number of amides is 1. The molecule has 2 unspecified atom stereocenters. The quantitative estimate of drug-likeness (QED) is 0.665. The van der Waals surface area contributed by atoms with E-state index in [1.807, 2.05) is 13.8 Å². The third kappa shape index (κ3) is 5.63. The van der Waals surface area contributed by atoms with Gasteiger partial charge in [-0.3, -0.25) is 9.69 Å². The van der Waals surface area contributed by atoms with E-state index in [9.17, 15) is 9.59 Å². The van der Waals surface area contributed by atoms with Crippen molar-refractivity contribution in [2.24, 2.45) is 11.8 Å². The van der Waals surface area contributed by atoms with Gasteiger partial charge in [0.05, 0.1) is 13.7 Å². The van der Waals surface area contributed by atoms with Crippen LogP contribution in [0.5, 0.6) is 0 Å². The maximum Gasteiger partial charge on any atom is 0.328 e. The number of likely N-dealkylation sites (tertiary alicyclic amines) is 1. The summed E-state index contributed by atoms with van der Waals surface area (Å²) >= 11 is 0. The van der Waals surface area contributed by atoms with E-state index in [-0.39, 0.29) is 18.4 Å². The maximum atomic E-state index is 12.1. The van der Waals surface area contributed by atoms with Crippen LogP contribution in [0.15, 0.2) is 0 Å². The molecule has 2 N–H and O–H groups in total. The highest BCUT2D eigenvalue weighted by Crippen LogP contribution is 2.16. The molecule has 6 heteroatoms. The van der Waals surface area contributed by atoms with Crippen LogP contribution in [0.25, 0.3) is 0 Å². The van der Waals surface area contributed by atoms with Gasteiger partial charge in [0, 0.05) is 6.61 Å². The summed E-state index contributed by atoms with van der Waals surface area (Å²) in [5.74, 6) is -0.140. The predicted molar refractivity (Wildman–Crippen MR) is 79.7 cm³/mol. The van der Waals surface area contributed by atoms with Crippen LogP contribution in [-0.2, 0) is 14.3 Å². The van der Waals surface area contributed by atoms with E-state index in [2.05, 4.69) is 10.2 Å². The zero-order valence-corrected chi connectivity index (χ0v) is 13.3. The SMILES string of the molecule is CCC(C)C(NC(=O)CN1CCC(CO)CC1)C(=O)OC. The number of hydrogen-bond donors (Lipinski definition) is 2. The van der Waals surface area contributed by atoms with Crippen molar-refractivity contribution in [3.63, 3.8) is 0 Å². The Labute approximate surface area is 126 Å². The molecule has 1 saturated heterocycles. The van der Waals surface area contributed by atoms with E-state index in [0.717, 1.165) is 32.4 Å². The number of hydrogen-bond acceptors (Lipinski definition) is 5. The number of aliphatic hydroxyl groups is 1. The number of nitrogens with zero attached hydrogens (tertiary/aromatic N) is 1. The highest BCUT2D eigenvalue weighted by molar-refractivity contribution is 5.85. The minimum atomic E-state index is -0.581. The smallest absolute Gasteiger partial charge is 0.328 e. The zero-order chi connectivity index (χ0) is 15.8. The molecular formula is C15H28N2O4. The van der Waals surface area contributed by atoms with Crippen LogP contribution >= 0.6 is 0 Å². The van der Waals surface area contributed by atoms with Gasteiger partial charge in [0.15, 0.2) is 0 Å². The number of esters is 1. The van der Waals surface area contributed by atoms with E-state index in [1.54, 1.807) is 0 Å². The maximum absolute atomic E-state index is 12.1. The zero-order valence-electron chi connectivity index (χ0n) is 13.3. The van der Waals surface area contributed by atoms with Gasteiger partial charge in [-0.15, -0.1) is 0 Å². The predicted octanol–water partition coefficient (Wildman–Crippen LogP) is 0.395. The monoisotopic (exact) mass is 300 g/mol. The average Bonchev–Trinajstić information content (AvgIpc) is 2.51. The first-order valence-corrected chi connectivity index (χ1v) is 7.72. The molecule has 0 spiro atoms. The largest absolute Gasteiger partial charge is 0.467 e. The summed E-state index contributed by atoms with van der Waals surface area (Å²) in [7, 11) is 1.34. The fourth-order valence-electron chi connectivity index (χ4n) is 2.55. The fraction of sp³-hybridized carbons (Fsp3) is 0.867. The fourth-order valence-corrected chi connectivity index (χ4v) is 2.55. The van der Waals surface area contributed by atoms with Crippen LogP contribution in [0.4, 0.5) is 0 Å². The molecule has 0 aliphatic carbocycles. The van der Waals surface area contributed by atoms with Gasteiger partial charge in [-0.1, -0.05) is 20.3 Å². The summed E-state index contributed by atoms with van der Waals surface area (Å²) < 4.78 is 4.76. The highest BCUT2D eigenvalue weighted by atomic mass is 16.5. The molecule has 122 valence electrons. The Morgan fingerprint density at radius 3 is 2.48 bits per heavy atom. The topological polar surface area (TPSA) is 78.9 Å². The van der Waals surface area contributed by atoms with E-state index < -0.39 is 12.0 Å². The molecule has 21 heavy (non-hydrogen) atoms. The van der Waals surface area contributed by atoms with E-state index in [1.165, 1.54) is 7.11 Å². The van der Waals surface area contributed by atoms with Crippen molar-refractivity contribution in [3.8, 4) is 0 Å². The molecular weight excluding hydrogens is 272 g/mol. The lowest BCUT2D eigenvalue weighted by Gasteiger charge is -2.31. The van der Waals surface area contributed by atoms with E-state index in [0.29, 0.717) is 12.5 Å². The Kier molecular flexibility index (Phi) is 7.67. The Balaban J connectivity index is 2.45. The molecule has 1 rings (SSSR count). The minimum absolute atomic E-state index is 0.0431. The Morgan fingerprint density at radius 2 is 2.00 bits per heavy atom. The summed E-state index contributed by atoms with van der Waals surface area (Å²) in [6.07, 6.45) is 2.62.